The molecular weight excluding hydrogens is 1160 g/mol. The van der Waals surface area contributed by atoms with Crippen molar-refractivity contribution in [2.24, 2.45) is 11.8 Å². The van der Waals surface area contributed by atoms with E-state index < -0.39 is 195 Å². The van der Waals surface area contributed by atoms with Crippen molar-refractivity contribution in [3.63, 3.8) is 0 Å². The van der Waals surface area contributed by atoms with Crippen LogP contribution < -0.4 is 53.2 Å². The third kappa shape index (κ3) is 26.0. The van der Waals surface area contributed by atoms with Gasteiger partial charge in [-0.3, -0.25) is 71.9 Å². The van der Waals surface area contributed by atoms with Gasteiger partial charge in [-0.15, -0.1) is 0 Å². The maximum atomic E-state index is 14.8. The number of aliphatic hydroxyl groups excluding tert-OH is 1. The van der Waals surface area contributed by atoms with E-state index in [1.54, 1.807) is 19.9 Å². The molecule has 0 aromatic rings. The number of unbranched alkanes of at least 4 members (excludes halogenated alkanes) is 7. The second kappa shape index (κ2) is 38.1. The van der Waals surface area contributed by atoms with Crippen LogP contribution >= 0.6 is 0 Å². The Balaban J connectivity index is 2.02. The minimum Gasteiger partial charge on any atom is -0.481 e. The highest BCUT2D eigenvalue weighted by Gasteiger charge is 2.43. The van der Waals surface area contributed by atoms with E-state index in [2.05, 4.69) is 67.0 Å². The van der Waals surface area contributed by atoms with Crippen LogP contribution in [0.4, 0.5) is 0 Å². The Kier molecular flexibility index (Phi) is 32.1. The fraction of sp³-hybridized carbons (Fsp3) is 0.702. The lowest BCUT2D eigenvalue weighted by atomic mass is 9.96. The Bertz CT molecular complexity index is 2530. The van der Waals surface area contributed by atoms with Gasteiger partial charge in [-0.2, -0.15) is 0 Å². The van der Waals surface area contributed by atoms with Crippen LogP contribution in [-0.2, 0) is 71.9 Å². The summed E-state index contributed by atoms with van der Waals surface area (Å²) in [4.78, 5) is 202. The molecule has 31 nitrogen and oxygen atoms in total. The zero-order chi connectivity index (χ0) is 65.6. The Labute approximate surface area is 510 Å². The number of rotatable bonds is 23. The molecule has 0 aromatic heterocycles. The lowest BCUT2D eigenvalue weighted by Crippen LogP contribution is -2.63. The molecule has 3 fully saturated rings. The van der Waals surface area contributed by atoms with Gasteiger partial charge in [-0.1, -0.05) is 85.1 Å². The van der Waals surface area contributed by atoms with Crippen LogP contribution in [0.3, 0.4) is 0 Å². The number of amides is 12. The number of hydrogen-bond donors (Lipinski definition) is 14. The number of carbonyl (C=O) groups is 15. The van der Waals surface area contributed by atoms with E-state index >= 15 is 0 Å². The van der Waals surface area contributed by atoms with Crippen LogP contribution in [0.2, 0.25) is 0 Å². The van der Waals surface area contributed by atoms with Crippen molar-refractivity contribution in [2.75, 3.05) is 39.3 Å². The number of aliphatic hydroxyl groups is 1. The fourth-order valence-electron chi connectivity index (χ4n) is 10.1. The molecule has 0 bridgehead atoms. The number of carboxylic acids is 3. The molecule has 0 aliphatic carbocycles. The monoisotopic (exact) mass is 1250 g/mol. The molecule has 10 unspecified atom stereocenters. The summed E-state index contributed by atoms with van der Waals surface area (Å²) in [5, 5.41) is 62.4. The maximum absolute atomic E-state index is 14.8. The molecule has 0 saturated carbocycles. The summed E-state index contributed by atoms with van der Waals surface area (Å²) in [7, 11) is 0. The Morgan fingerprint density at radius 3 is 1.61 bits per heavy atom. The molecule has 3 saturated heterocycles. The van der Waals surface area contributed by atoms with Gasteiger partial charge < -0.3 is 83.4 Å². The molecule has 3 aliphatic rings. The first-order valence-corrected chi connectivity index (χ1v) is 30.1. The van der Waals surface area contributed by atoms with Crippen molar-refractivity contribution in [1.82, 2.24) is 63.0 Å². The lowest BCUT2D eigenvalue weighted by Gasteiger charge is -2.37. The summed E-state index contributed by atoms with van der Waals surface area (Å²) >= 11 is 0. The number of carbonyl (C=O) groups excluding carboxylic acids is 12. The van der Waals surface area contributed by atoms with Crippen molar-refractivity contribution in [2.45, 2.75) is 205 Å². The topological polar surface area (TPSA) is 464 Å². The van der Waals surface area contributed by atoms with Crippen molar-refractivity contribution < 1.29 is 92.3 Å². The molecule has 0 spiro atoms. The summed E-state index contributed by atoms with van der Waals surface area (Å²) in [6.07, 6.45) is 8.26. The average molecular weight is 1250 g/mol. The number of piperidine rings is 1. The second-order valence-electron chi connectivity index (χ2n) is 22.8. The first-order chi connectivity index (χ1) is 41.6. The van der Waals surface area contributed by atoms with Gasteiger partial charge in [0.2, 0.25) is 70.9 Å². The van der Waals surface area contributed by atoms with Gasteiger partial charge >= 0.3 is 17.9 Å². The highest BCUT2D eigenvalue weighted by Crippen LogP contribution is 2.23. The van der Waals surface area contributed by atoms with E-state index in [0.717, 1.165) is 50.0 Å². The highest BCUT2D eigenvalue weighted by molar-refractivity contribution is 6.00. The Morgan fingerprint density at radius 2 is 1.08 bits per heavy atom. The van der Waals surface area contributed by atoms with Crippen LogP contribution in [-0.4, -0.2) is 213 Å². The molecule has 10 atom stereocenters. The molecule has 0 aromatic carbocycles. The molecule has 3 aliphatic heterocycles. The van der Waals surface area contributed by atoms with Crippen LogP contribution in [0.15, 0.2) is 12.2 Å². The molecule has 31 heteroatoms. The zero-order valence-corrected chi connectivity index (χ0v) is 50.8. The van der Waals surface area contributed by atoms with E-state index in [1.807, 2.05) is 0 Å². The van der Waals surface area contributed by atoms with E-state index in [9.17, 15) is 92.3 Å². The quantitative estimate of drug-likeness (QED) is 0.0366. The van der Waals surface area contributed by atoms with Crippen LogP contribution in [0.1, 0.15) is 150 Å². The van der Waals surface area contributed by atoms with Crippen molar-refractivity contribution in [3.8, 4) is 0 Å². The van der Waals surface area contributed by atoms with E-state index in [0.29, 0.717) is 25.2 Å². The van der Waals surface area contributed by atoms with Crippen molar-refractivity contribution >= 4 is 88.8 Å². The number of carboxylic acid groups (broad SMARTS) is 3. The predicted molar refractivity (Wildman–Crippen MR) is 311 cm³/mol. The number of aliphatic carboxylic acids is 3. The SMILES string of the molecule is CCC(C)C1NC(=O)C(C(C)O)NC(=O)CNC(=O)C(CC(=O)O)NC(=O)CNC(=O)C(CC(=O)O)NC(=O)CNC(=O)C2CCCCN2C(=O)C(NC(=O)C(CC(=O)O)NC(=O)/C=C/CCCCCCCCCC(C)C)CNC(=O)C2CCCN2C1=O. The molecule has 0 radical (unpaired) electrons. The summed E-state index contributed by atoms with van der Waals surface area (Å²) in [5.41, 5.74) is 0. The van der Waals surface area contributed by atoms with Gasteiger partial charge in [0, 0.05) is 19.6 Å². The van der Waals surface area contributed by atoms with Crippen LogP contribution in [0.25, 0.3) is 0 Å². The average Bonchev–Trinajstić information content (AvgIpc) is 4.14. The Morgan fingerprint density at radius 1 is 0.580 bits per heavy atom. The number of nitrogens with zero attached hydrogens (tertiary/aromatic N) is 2. The highest BCUT2D eigenvalue weighted by atomic mass is 16.4. The van der Waals surface area contributed by atoms with E-state index in [4.69, 9.17) is 0 Å². The summed E-state index contributed by atoms with van der Waals surface area (Å²) in [5.74, 6) is -17.2. The third-order valence-electron chi connectivity index (χ3n) is 15.1. The van der Waals surface area contributed by atoms with Crippen LogP contribution in [0.5, 0.6) is 0 Å². The lowest BCUT2D eigenvalue weighted by molar-refractivity contribution is -0.146. The number of nitrogens with one attached hydrogen (secondary N) is 10. The third-order valence-corrected chi connectivity index (χ3v) is 15.1. The smallest absolute Gasteiger partial charge is 0.305 e. The summed E-state index contributed by atoms with van der Waals surface area (Å²) in [6, 6.07) is -13.2. The molecular formula is C57H90N12O19. The molecule has 12 amide bonds. The summed E-state index contributed by atoms with van der Waals surface area (Å²) < 4.78 is 0. The van der Waals surface area contributed by atoms with Gasteiger partial charge in [0.15, 0.2) is 0 Å². The molecule has 88 heavy (non-hydrogen) atoms. The van der Waals surface area contributed by atoms with Gasteiger partial charge in [0.25, 0.3) is 0 Å². The minimum absolute atomic E-state index is 0.0161. The minimum atomic E-state index is -1.90. The number of allylic oxidation sites excluding steroid dienone is 1. The number of hydrogen-bond acceptors (Lipinski definition) is 16. The first-order valence-electron chi connectivity index (χ1n) is 30.1. The van der Waals surface area contributed by atoms with Gasteiger partial charge in [-0.25, -0.2) is 0 Å². The fourth-order valence-corrected chi connectivity index (χ4v) is 10.1. The number of fused-ring (bicyclic) bond motifs is 2. The second-order valence-corrected chi connectivity index (χ2v) is 22.8. The van der Waals surface area contributed by atoms with Gasteiger partial charge in [0.05, 0.1) is 45.0 Å². The van der Waals surface area contributed by atoms with E-state index in [1.165, 1.54) is 24.2 Å². The zero-order valence-electron chi connectivity index (χ0n) is 50.8. The first kappa shape index (κ1) is 74.0. The van der Waals surface area contributed by atoms with Crippen molar-refractivity contribution in [3.05, 3.63) is 12.2 Å². The molecule has 14 N–H and O–H groups in total. The molecule has 3 heterocycles. The predicted octanol–water partition coefficient (Wildman–Crippen LogP) is -2.68. The largest absolute Gasteiger partial charge is 0.481 e. The Hall–Kier alpha value is -8.25. The van der Waals surface area contributed by atoms with Gasteiger partial charge in [0.1, 0.15) is 48.3 Å². The molecule has 492 valence electrons. The summed E-state index contributed by atoms with van der Waals surface area (Å²) in [6.45, 7) is 5.06. The normalized spacial score (nSPS) is 24.1. The van der Waals surface area contributed by atoms with E-state index in [-0.39, 0.29) is 38.8 Å². The standard InChI is InChI=1S/C57H90N12O19/c1-6-33(4)48-57(88)69-24-18-21-40(69)53(84)58-28-38(65-52(83)37(27-47(79)80)62-41(71)22-15-13-11-9-7-8-10-12-14-19-32(2)3)56(87)68-23-17-16-20-39(68)54(85)61-30-43(73)64-35(25-45(75)76)50(81)59-29-42(72)63-36(26-46(77)78)51(82)60-31-44(74)66-49(34(5)70)55(86)67-48/h15,22,32-40,48-49,70H,6-14,16-21,23-31H2,1-5H3,(H,58,84)(H,59,81)(H,60,82)(H,61,85)(H,62,71)(H,63,72)(H,64,73)(H,65,83)(H,66,74)(H,67,86)(H,75,76)(H,77,78)(H,79,80)/b22-15+. The maximum Gasteiger partial charge on any atom is 0.305 e. The van der Waals surface area contributed by atoms with Crippen molar-refractivity contribution in [1.29, 1.82) is 0 Å². The van der Waals surface area contributed by atoms with Gasteiger partial charge in [-0.05, 0) is 69.8 Å². The van der Waals surface area contributed by atoms with Crippen LogP contribution in [0, 0.1) is 11.8 Å². The molecule has 3 rings (SSSR count).